The third kappa shape index (κ3) is 1.83. The van der Waals surface area contributed by atoms with Crippen LogP contribution in [0.4, 0.5) is 0 Å². The van der Waals surface area contributed by atoms with Gasteiger partial charge in [-0.3, -0.25) is 9.20 Å². The monoisotopic (exact) mass is 342 g/mol. The van der Waals surface area contributed by atoms with E-state index in [1.165, 1.54) is 41.1 Å². The number of aromatic nitrogens is 3. The number of hydrogen-bond acceptors (Lipinski definition) is 3. The lowest BCUT2D eigenvalue weighted by atomic mass is 9.99. The highest BCUT2D eigenvalue weighted by Crippen LogP contribution is 2.42. The molecule has 6 rings (SSSR count). The van der Waals surface area contributed by atoms with Gasteiger partial charge in [0.25, 0.3) is 5.56 Å². The van der Waals surface area contributed by atoms with E-state index in [4.69, 9.17) is 0 Å². The second-order valence-electron chi connectivity index (χ2n) is 7.31. The SMILES string of the molecule is O=c1ccnc2ccc(-n3c4c(c5ccccc53)C3CCC(C4)N3)cn12. The zero-order valence-corrected chi connectivity index (χ0v) is 14.2. The topological polar surface area (TPSA) is 51.3 Å². The fourth-order valence-electron chi connectivity index (χ4n) is 4.80. The van der Waals surface area contributed by atoms with Crippen LogP contribution in [0.15, 0.2) is 59.7 Å². The first-order valence-electron chi connectivity index (χ1n) is 9.16. The van der Waals surface area contributed by atoms with Crippen molar-refractivity contribution in [1.29, 1.82) is 0 Å². The van der Waals surface area contributed by atoms with Gasteiger partial charge in [-0.1, -0.05) is 18.2 Å². The van der Waals surface area contributed by atoms with E-state index in [0.717, 1.165) is 12.1 Å². The summed E-state index contributed by atoms with van der Waals surface area (Å²) in [5.74, 6) is 0. The first kappa shape index (κ1) is 14.3. The quantitative estimate of drug-likeness (QED) is 0.579. The van der Waals surface area contributed by atoms with Crippen molar-refractivity contribution < 1.29 is 0 Å². The van der Waals surface area contributed by atoms with Gasteiger partial charge >= 0.3 is 0 Å². The Hall–Kier alpha value is -2.92. The Morgan fingerprint density at radius 2 is 2.00 bits per heavy atom. The van der Waals surface area contributed by atoms with Crippen LogP contribution in [0.2, 0.25) is 0 Å². The molecule has 2 aliphatic rings. The van der Waals surface area contributed by atoms with Gasteiger partial charge in [0.1, 0.15) is 5.65 Å². The molecule has 5 nitrogen and oxygen atoms in total. The average Bonchev–Trinajstić information content (AvgIpc) is 3.21. The molecule has 0 radical (unpaired) electrons. The Bertz CT molecular complexity index is 1240. The van der Waals surface area contributed by atoms with E-state index in [-0.39, 0.29) is 5.56 Å². The van der Waals surface area contributed by atoms with Gasteiger partial charge in [0.15, 0.2) is 0 Å². The molecule has 2 bridgehead atoms. The largest absolute Gasteiger partial charge is 0.312 e. The lowest BCUT2D eigenvalue weighted by Gasteiger charge is -2.24. The van der Waals surface area contributed by atoms with Gasteiger partial charge in [-0.05, 0) is 36.6 Å². The van der Waals surface area contributed by atoms with Crippen molar-refractivity contribution in [2.45, 2.75) is 31.3 Å². The van der Waals surface area contributed by atoms with Crippen LogP contribution in [0, 0.1) is 0 Å². The first-order valence-corrected chi connectivity index (χ1v) is 9.16. The lowest BCUT2D eigenvalue weighted by Crippen LogP contribution is -2.32. The second kappa shape index (κ2) is 5.05. The summed E-state index contributed by atoms with van der Waals surface area (Å²) < 4.78 is 3.97. The molecule has 2 unspecified atom stereocenters. The summed E-state index contributed by atoms with van der Waals surface area (Å²) >= 11 is 0. The Morgan fingerprint density at radius 1 is 1.08 bits per heavy atom. The van der Waals surface area contributed by atoms with Crippen LogP contribution in [-0.4, -0.2) is 20.0 Å². The normalized spacial score (nSPS) is 21.4. The van der Waals surface area contributed by atoms with E-state index in [1.54, 1.807) is 10.6 Å². The summed E-state index contributed by atoms with van der Waals surface area (Å²) in [4.78, 5) is 16.6. The van der Waals surface area contributed by atoms with E-state index in [0.29, 0.717) is 17.7 Å². The van der Waals surface area contributed by atoms with E-state index in [1.807, 2.05) is 12.3 Å². The Morgan fingerprint density at radius 3 is 2.96 bits per heavy atom. The second-order valence-corrected chi connectivity index (χ2v) is 7.31. The van der Waals surface area contributed by atoms with Gasteiger partial charge in [0, 0.05) is 48.0 Å². The van der Waals surface area contributed by atoms with E-state index in [2.05, 4.69) is 45.2 Å². The molecule has 26 heavy (non-hydrogen) atoms. The molecule has 2 aliphatic heterocycles. The molecule has 1 N–H and O–H groups in total. The zero-order valence-electron chi connectivity index (χ0n) is 14.2. The molecule has 0 amide bonds. The molecule has 1 saturated heterocycles. The molecule has 2 atom stereocenters. The Kier molecular flexibility index (Phi) is 2.77. The zero-order chi connectivity index (χ0) is 17.3. The molecule has 5 heteroatoms. The number of para-hydroxylation sites is 1. The van der Waals surface area contributed by atoms with Gasteiger partial charge in [-0.25, -0.2) is 4.98 Å². The van der Waals surface area contributed by atoms with Gasteiger partial charge in [-0.2, -0.15) is 0 Å². The highest BCUT2D eigenvalue weighted by Gasteiger charge is 2.36. The van der Waals surface area contributed by atoms with Crippen molar-refractivity contribution in [3.63, 3.8) is 0 Å². The molecule has 0 spiro atoms. The van der Waals surface area contributed by atoms with E-state index >= 15 is 0 Å². The van der Waals surface area contributed by atoms with Gasteiger partial charge in [0.05, 0.1) is 11.2 Å². The molecule has 1 fully saturated rings. The fraction of sp³-hybridized carbons (Fsp3) is 0.238. The molecule has 0 saturated carbocycles. The number of nitrogens with one attached hydrogen (secondary N) is 1. The summed E-state index contributed by atoms with van der Waals surface area (Å²) in [6.07, 6.45) is 6.94. The summed E-state index contributed by atoms with van der Waals surface area (Å²) in [5, 5.41) is 5.08. The highest BCUT2D eigenvalue weighted by molar-refractivity contribution is 5.88. The predicted octanol–water partition coefficient (Wildman–Crippen LogP) is 2.99. The summed E-state index contributed by atoms with van der Waals surface area (Å²) in [6.45, 7) is 0. The van der Waals surface area contributed by atoms with Crippen molar-refractivity contribution in [3.8, 4) is 5.69 Å². The minimum Gasteiger partial charge on any atom is -0.312 e. The number of hydrogen-bond donors (Lipinski definition) is 1. The highest BCUT2D eigenvalue weighted by atomic mass is 16.1. The average molecular weight is 342 g/mol. The lowest BCUT2D eigenvalue weighted by molar-refractivity contribution is 0.508. The first-order chi connectivity index (χ1) is 12.8. The number of benzene rings is 1. The van der Waals surface area contributed by atoms with Crippen LogP contribution in [-0.2, 0) is 6.42 Å². The maximum Gasteiger partial charge on any atom is 0.257 e. The molecule has 1 aromatic carbocycles. The fourth-order valence-corrected chi connectivity index (χ4v) is 4.80. The molecule has 5 heterocycles. The smallest absolute Gasteiger partial charge is 0.257 e. The third-order valence-corrected chi connectivity index (χ3v) is 5.88. The van der Waals surface area contributed by atoms with Crippen molar-refractivity contribution in [2.24, 2.45) is 0 Å². The molecule has 0 aliphatic carbocycles. The van der Waals surface area contributed by atoms with Gasteiger partial charge < -0.3 is 9.88 Å². The van der Waals surface area contributed by atoms with Crippen LogP contribution < -0.4 is 10.9 Å². The minimum absolute atomic E-state index is 0.0519. The standard InChI is InChI=1S/C21H18N4O/c26-20-9-10-22-19-8-6-14(12-24(19)20)25-17-4-2-1-3-15(17)21-16-7-5-13(23-16)11-18(21)25/h1-4,6,8-10,12-13,16,23H,5,7,11H2. The third-order valence-electron chi connectivity index (χ3n) is 5.88. The molecular formula is C21H18N4O. The van der Waals surface area contributed by atoms with Gasteiger partial charge in [-0.15, -0.1) is 0 Å². The molecule has 128 valence electrons. The van der Waals surface area contributed by atoms with Crippen LogP contribution in [0.5, 0.6) is 0 Å². The molecule has 3 aromatic heterocycles. The minimum atomic E-state index is -0.0519. The summed E-state index contributed by atoms with van der Waals surface area (Å²) in [6, 6.07) is 15.1. The maximum absolute atomic E-state index is 12.3. The summed E-state index contributed by atoms with van der Waals surface area (Å²) in [7, 11) is 0. The van der Waals surface area contributed by atoms with Crippen molar-refractivity contribution >= 4 is 16.6 Å². The van der Waals surface area contributed by atoms with Crippen LogP contribution in [0.3, 0.4) is 0 Å². The number of rotatable bonds is 1. The molecular weight excluding hydrogens is 324 g/mol. The van der Waals surface area contributed by atoms with Crippen molar-refractivity contribution in [2.75, 3.05) is 0 Å². The van der Waals surface area contributed by atoms with Crippen molar-refractivity contribution in [1.82, 2.24) is 19.3 Å². The Labute approximate surface area is 149 Å². The maximum atomic E-state index is 12.3. The van der Waals surface area contributed by atoms with Gasteiger partial charge in [0.2, 0.25) is 0 Å². The number of nitrogens with zero attached hydrogens (tertiary/aromatic N) is 3. The van der Waals surface area contributed by atoms with Crippen LogP contribution in [0.1, 0.15) is 30.1 Å². The summed E-state index contributed by atoms with van der Waals surface area (Å²) in [5.41, 5.74) is 5.67. The number of fused-ring (bicyclic) bond motifs is 7. The van der Waals surface area contributed by atoms with Crippen LogP contribution >= 0.6 is 0 Å². The van der Waals surface area contributed by atoms with E-state index < -0.39 is 0 Å². The van der Waals surface area contributed by atoms with Crippen molar-refractivity contribution in [3.05, 3.63) is 76.5 Å². The molecule has 4 aromatic rings. The Balaban J connectivity index is 1.70. The number of pyridine rings is 1. The van der Waals surface area contributed by atoms with E-state index in [9.17, 15) is 4.79 Å². The predicted molar refractivity (Wildman–Crippen MR) is 101 cm³/mol. The van der Waals surface area contributed by atoms with Crippen LogP contribution in [0.25, 0.3) is 22.2 Å².